The molecule has 1 N–H and O–H groups in total. The first-order valence-electron chi connectivity index (χ1n) is 7.25. The van der Waals surface area contributed by atoms with E-state index in [1.807, 2.05) is 24.3 Å². The molecule has 0 radical (unpaired) electrons. The summed E-state index contributed by atoms with van der Waals surface area (Å²) in [5.74, 6) is 0.898. The number of benzene rings is 1. The lowest BCUT2D eigenvalue weighted by atomic mass is 9.85. The molecule has 0 bridgehead atoms. The maximum absolute atomic E-state index is 12.8. The maximum atomic E-state index is 12.8. The zero-order valence-electron chi connectivity index (χ0n) is 11.9. The number of hydrogen-bond acceptors (Lipinski definition) is 3. The molecule has 0 aromatic heterocycles. The second kappa shape index (κ2) is 6.20. The summed E-state index contributed by atoms with van der Waals surface area (Å²) in [6.45, 7) is 5.72. The van der Waals surface area contributed by atoms with Gasteiger partial charge in [-0.25, -0.2) is 0 Å². The third kappa shape index (κ3) is 2.81. The van der Waals surface area contributed by atoms with Crippen molar-refractivity contribution in [3.63, 3.8) is 0 Å². The summed E-state index contributed by atoms with van der Waals surface area (Å²) in [5, 5.41) is 3.40. The van der Waals surface area contributed by atoms with E-state index in [1.165, 1.54) is 0 Å². The average molecular weight is 261 g/mol. The first-order chi connectivity index (χ1) is 9.23. The number of ketones is 1. The largest absolute Gasteiger partial charge is 0.493 e. The van der Waals surface area contributed by atoms with Gasteiger partial charge in [0.1, 0.15) is 5.75 Å². The molecule has 3 nitrogen and oxygen atoms in total. The van der Waals surface area contributed by atoms with E-state index in [1.54, 1.807) is 0 Å². The van der Waals surface area contributed by atoms with Crippen LogP contribution < -0.4 is 10.1 Å². The number of carbonyl (C=O) groups excluding carboxylic acids is 1. The number of ether oxygens (including phenoxy) is 1. The Balaban J connectivity index is 2.27. The molecule has 0 spiro atoms. The van der Waals surface area contributed by atoms with Crippen LogP contribution in [0.25, 0.3) is 0 Å². The second-order valence-electron chi connectivity index (χ2n) is 5.14. The number of Topliss-reactive ketones (excluding diaryl/α,β-unsaturated/α-hetero) is 1. The molecule has 1 atom stereocenters. The van der Waals surface area contributed by atoms with Crippen LogP contribution in [0.15, 0.2) is 24.3 Å². The molecule has 2 rings (SSSR count). The molecule has 1 aliphatic rings. The van der Waals surface area contributed by atoms with Crippen LogP contribution in [0.3, 0.4) is 0 Å². The SMILES string of the molecule is CCCOc1ccccc1C(=O)C1(CC)CCCN1. The predicted octanol–water partition coefficient (Wildman–Crippen LogP) is 3.19. The highest BCUT2D eigenvalue weighted by Gasteiger charge is 2.40. The van der Waals surface area contributed by atoms with E-state index < -0.39 is 0 Å². The predicted molar refractivity (Wildman–Crippen MR) is 76.8 cm³/mol. The Bertz CT molecular complexity index is 436. The molecule has 0 aliphatic carbocycles. The van der Waals surface area contributed by atoms with Gasteiger partial charge >= 0.3 is 0 Å². The number of para-hydroxylation sites is 1. The maximum Gasteiger partial charge on any atom is 0.186 e. The standard InChI is InChI=1S/C16H23NO2/c1-3-12-19-14-9-6-5-8-13(14)15(18)16(4-2)10-7-11-17-16/h5-6,8-9,17H,3-4,7,10-12H2,1-2H3. The molecule has 104 valence electrons. The molecule has 1 fully saturated rings. The number of hydrogen-bond donors (Lipinski definition) is 1. The van der Waals surface area contributed by atoms with Gasteiger partial charge in [0, 0.05) is 0 Å². The van der Waals surface area contributed by atoms with Crippen molar-refractivity contribution in [2.45, 2.75) is 45.1 Å². The Morgan fingerprint density at radius 1 is 1.37 bits per heavy atom. The van der Waals surface area contributed by atoms with Crippen LogP contribution in [0, 0.1) is 0 Å². The third-order valence-electron chi connectivity index (χ3n) is 3.88. The minimum atomic E-state index is -0.383. The van der Waals surface area contributed by atoms with Gasteiger partial charge in [0.15, 0.2) is 5.78 Å². The van der Waals surface area contributed by atoms with Crippen LogP contribution in [-0.4, -0.2) is 24.5 Å². The summed E-state index contributed by atoms with van der Waals surface area (Å²) >= 11 is 0. The van der Waals surface area contributed by atoms with Crippen molar-refractivity contribution in [1.82, 2.24) is 5.32 Å². The fourth-order valence-electron chi connectivity index (χ4n) is 2.71. The van der Waals surface area contributed by atoms with Crippen molar-refractivity contribution < 1.29 is 9.53 Å². The molecule has 1 saturated heterocycles. The Kier molecular flexibility index (Phi) is 4.59. The Morgan fingerprint density at radius 2 is 2.16 bits per heavy atom. The minimum absolute atomic E-state index is 0.180. The van der Waals surface area contributed by atoms with E-state index in [4.69, 9.17) is 4.74 Å². The summed E-state index contributed by atoms with van der Waals surface area (Å²) in [6, 6.07) is 7.60. The van der Waals surface area contributed by atoms with Crippen molar-refractivity contribution in [3.05, 3.63) is 29.8 Å². The van der Waals surface area contributed by atoms with Gasteiger partial charge in [-0.05, 0) is 44.4 Å². The molecule has 1 aromatic rings. The summed E-state index contributed by atoms with van der Waals surface area (Å²) in [7, 11) is 0. The van der Waals surface area contributed by atoms with Gasteiger partial charge in [-0.15, -0.1) is 0 Å². The first kappa shape index (κ1) is 14.1. The van der Waals surface area contributed by atoms with Crippen molar-refractivity contribution in [2.75, 3.05) is 13.2 Å². The third-order valence-corrected chi connectivity index (χ3v) is 3.88. The molecule has 1 heterocycles. The molecule has 19 heavy (non-hydrogen) atoms. The Morgan fingerprint density at radius 3 is 2.79 bits per heavy atom. The van der Waals surface area contributed by atoms with E-state index >= 15 is 0 Å². The summed E-state index contributed by atoms with van der Waals surface area (Å²) in [5.41, 5.74) is 0.332. The van der Waals surface area contributed by atoms with Gasteiger partial charge in [0.25, 0.3) is 0 Å². The van der Waals surface area contributed by atoms with Crippen LogP contribution in [0.4, 0.5) is 0 Å². The zero-order valence-corrected chi connectivity index (χ0v) is 11.9. The first-order valence-corrected chi connectivity index (χ1v) is 7.25. The van der Waals surface area contributed by atoms with Crippen molar-refractivity contribution >= 4 is 5.78 Å². The lowest BCUT2D eigenvalue weighted by molar-refractivity contribution is 0.0859. The summed E-state index contributed by atoms with van der Waals surface area (Å²) in [4.78, 5) is 12.8. The highest BCUT2D eigenvalue weighted by molar-refractivity contribution is 6.05. The number of carbonyl (C=O) groups is 1. The van der Waals surface area contributed by atoms with E-state index in [0.29, 0.717) is 12.2 Å². The van der Waals surface area contributed by atoms with Crippen LogP contribution >= 0.6 is 0 Å². The average Bonchev–Trinajstić information content (AvgIpc) is 2.95. The number of rotatable bonds is 6. The molecule has 0 amide bonds. The second-order valence-corrected chi connectivity index (χ2v) is 5.14. The molecule has 1 aromatic carbocycles. The van der Waals surface area contributed by atoms with Gasteiger partial charge in [-0.1, -0.05) is 26.0 Å². The van der Waals surface area contributed by atoms with E-state index in [0.717, 1.165) is 38.0 Å². The summed E-state index contributed by atoms with van der Waals surface area (Å²) < 4.78 is 5.71. The highest BCUT2D eigenvalue weighted by atomic mass is 16.5. The van der Waals surface area contributed by atoms with E-state index in [9.17, 15) is 4.79 Å². The number of nitrogens with one attached hydrogen (secondary N) is 1. The fourth-order valence-corrected chi connectivity index (χ4v) is 2.71. The molecule has 1 aliphatic heterocycles. The minimum Gasteiger partial charge on any atom is -0.493 e. The van der Waals surface area contributed by atoms with Gasteiger partial charge in [-0.2, -0.15) is 0 Å². The quantitative estimate of drug-likeness (QED) is 0.799. The van der Waals surface area contributed by atoms with E-state index in [-0.39, 0.29) is 11.3 Å². The summed E-state index contributed by atoms with van der Waals surface area (Å²) in [6.07, 6.45) is 3.76. The van der Waals surface area contributed by atoms with Gasteiger partial charge < -0.3 is 10.1 Å². The van der Waals surface area contributed by atoms with Crippen LogP contribution in [0.1, 0.15) is 49.9 Å². The monoisotopic (exact) mass is 261 g/mol. The molecule has 1 unspecified atom stereocenters. The molecule has 3 heteroatoms. The lowest BCUT2D eigenvalue weighted by Gasteiger charge is -2.27. The highest BCUT2D eigenvalue weighted by Crippen LogP contribution is 2.31. The van der Waals surface area contributed by atoms with Crippen LogP contribution in [0.5, 0.6) is 5.75 Å². The normalized spacial score (nSPS) is 22.4. The molecular formula is C16H23NO2. The van der Waals surface area contributed by atoms with Crippen LogP contribution in [0.2, 0.25) is 0 Å². The van der Waals surface area contributed by atoms with Gasteiger partial charge in [0.2, 0.25) is 0 Å². The van der Waals surface area contributed by atoms with Crippen LogP contribution in [-0.2, 0) is 0 Å². The Hall–Kier alpha value is -1.35. The lowest BCUT2D eigenvalue weighted by Crippen LogP contribution is -2.47. The van der Waals surface area contributed by atoms with Gasteiger partial charge in [-0.3, -0.25) is 4.79 Å². The smallest absolute Gasteiger partial charge is 0.186 e. The van der Waals surface area contributed by atoms with Gasteiger partial charge in [0.05, 0.1) is 17.7 Å². The molecule has 0 saturated carbocycles. The van der Waals surface area contributed by atoms with E-state index in [2.05, 4.69) is 19.2 Å². The van der Waals surface area contributed by atoms with Crippen molar-refractivity contribution in [2.24, 2.45) is 0 Å². The molecular weight excluding hydrogens is 238 g/mol. The topological polar surface area (TPSA) is 38.3 Å². The zero-order chi connectivity index (χ0) is 13.7. The van der Waals surface area contributed by atoms with Crippen molar-refractivity contribution in [1.29, 1.82) is 0 Å². The van der Waals surface area contributed by atoms with Crippen molar-refractivity contribution in [3.8, 4) is 5.75 Å². The Labute approximate surface area is 115 Å². The fraction of sp³-hybridized carbons (Fsp3) is 0.562.